The minimum atomic E-state index is -0.517. The smallest absolute Gasteiger partial charge is 0.271 e. The van der Waals surface area contributed by atoms with Gasteiger partial charge in [-0.3, -0.25) is 14.9 Å². The van der Waals surface area contributed by atoms with Gasteiger partial charge in [0.15, 0.2) is 0 Å². The molecular weight excluding hydrogens is 325 g/mol. The Balaban J connectivity index is 1.98. The van der Waals surface area contributed by atoms with Crippen LogP contribution >= 0.6 is 0 Å². The Labute approximate surface area is 145 Å². The van der Waals surface area contributed by atoms with Gasteiger partial charge in [-0.2, -0.15) is 0 Å². The highest BCUT2D eigenvalue weighted by atomic mass is 19.1. The van der Waals surface area contributed by atoms with E-state index in [9.17, 15) is 19.3 Å². The molecule has 0 bridgehead atoms. The van der Waals surface area contributed by atoms with Gasteiger partial charge in [0.1, 0.15) is 5.82 Å². The summed E-state index contributed by atoms with van der Waals surface area (Å²) in [6.45, 7) is 4.03. The van der Waals surface area contributed by atoms with Crippen LogP contribution in [0.4, 0.5) is 15.8 Å². The summed E-state index contributed by atoms with van der Waals surface area (Å²) in [6.07, 6.45) is 0. The molecule has 0 saturated carbocycles. The van der Waals surface area contributed by atoms with Crippen LogP contribution in [0.5, 0.6) is 0 Å². The second-order valence-electron chi connectivity index (χ2n) is 6.01. The minimum Gasteiger partial charge on any atom is -0.325 e. The number of anilines is 1. The number of carbonyl (C=O) groups is 1. The molecule has 0 radical (unpaired) electrons. The van der Waals surface area contributed by atoms with Crippen LogP contribution in [-0.4, -0.2) is 17.4 Å². The van der Waals surface area contributed by atoms with Crippen molar-refractivity contribution in [3.63, 3.8) is 0 Å². The molecule has 132 valence electrons. The molecule has 6 nitrogen and oxygen atoms in total. The lowest BCUT2D eigenvalue weighted by Gasteiger charge is -2.22. The van der Waals surface area contributed by atoms with Gasteiger partial charge in [0.05, 0.1) is 11.5 Å². The molecule has 25 heavy (non-hydrogen) atoms. The molecule has 0 aliphatic carbocycles. The summed E-state index contributed by atoms with van der Waals surface area (Å²) < 4.78 is 13.1. The quantitative estimate of drug-likeness (QED) is 0.592. The van der Waals surface area contributed by atoms with E-state index < -0.39 is 4.92 Å². The van der Waals surface area contributed by atoms with Gasteiger partial charge in [-0.25, -0.2) is 4.39 Å². The Kier molecular flexibility index (Phi) is 6.19. The normalized spacial score (nSPS) is 12.0. The van der Waals surface area contributed by atoms with E-state index in [-0.39, 0.29) is 35.9 Å². The largest absolute Gasteiger partial charge is 0.325 e. The molecule has 0 unspecified atom stereocenters. The van der Waals surface area contributed by atoms with Crippen LogP contribution in [0.2, 0.25) is 0 Å². The Morgan fingerprint density at radius 3 is 2.48 bits per heavy atom. The lowest BCUT2D eigenvalue weighted by Crippen LogP contribution is -2.33. The third-order valence-electron chi connectivity index (χ3n) is 3.72. The highest BCUT2D eigenvalue weighted by Gasteiger charge is 2.17. The maximum absolute atomic E-state index is 13.1. The molecule has 0 fully saturated rings. The lowest BCUT2D eigenvalue weighted by molar-refractivity contribution is -0.384. The van der Waals surface area contributed by atoms with E-state index in [1.54, 1.807) is 18.2 Å². The van der Waals surface area contributed by atoms with Crippen molar-refractivity contribution in [3.05, 3.63) is 70.0 Å². The van der Waals surface area contributed by atoms with E-state index in [0.29, 0.717) is 5.69 Å². The average molecular weight is 345 g/mol. The Morgan fingerprint density at radius 2 is 1.88 bits per heavy atom. The topological polar surface area (TPSA) is 84.3 Å². The molecule has 0 aliphatic heterocycles. The van der Waals surface area contributed by atoms with Crippen molar-refractivity contribution in [1.29, 1.82) is 0 Å². The van der Waals surface area contributed by atoms with Crippen molar-refractivity contribution in [1.82, 2.24) is 5.32 Å². The first kappa shape index (κ1) is 18.5. The first-order valence-electron chi connectivity index (χ1n) is 7.90. The summed E-state index contributed by atoms with van der Waals surface area (Å²) in [5.41, 5.74) is 1.17. The van der Waals surface area contributed by atoms with Crippen LogP contribution in [0.25, 0.3) is 0 Å². The summed E-state index contributed by atoms with van der Waals surface area (Å²) in [5.74, 6) is -0.431. The Bertz CT molecular complexity index is 747. The van der Waals surface area contributed by atoms with Gasteiger partial charge in [-0.15, -0.1) is 0 Å². The fourth-order valence-electron chi connectivity index (χ4n) is 2.51. The van der Waals surface area contributed by atoms with Gasteiger partial charge in [-0.1, -0.05) is 32.0 Å². The number of non-ortho nitro benzene ring substituents is 1. The molecule has 7 heteroatoms. The standard InChI is InChI=1S/C18H20FN3O3/c1-12(2)18(13-6-8-14(19)9-7-13)20-11-17(23)21-15-4-3-5-16(10-15)22(24)25/h3-10,12,18,20H,11H2,1-2H3,(H,21,23)/t18-/m0/s1. The summed E-state index contributed by atoms with van der Waals surface area (Å²) >= 11 is 0. The van der Waals surface area contributed by atoms with Gasteiger partial charge >= 0.3 is 0 Å². The maximum Gasteiger partial charge on any atom is 0.271 e. The number of carbonyl (C=O) groups excluding carboxylic acids is 1. The fourth-order valence-corrected chi connectivity index (χ4v) is 2.51. The van der Waals surface area contributed by atoms with Crippen molar-refractivity contribution in [3.8, 4) is 0 Å². The van der Waals surface area contributed by atoms with E-state index in [0.717, 1.165) is 5.56 Å². The molecule has 2 aromatic rings. The maximum atomic E-state index is 13.1. The summed E-state index contributed by atoms with van der Waals surface area (Å²) in [5, 5.41) is 16.5. The number of nitrogens with zero attached hydrogens (tertiary/aromatic N) is 1. The van der Waals surface area contributed by atoms with E-state index in [4.69, 9.17) is 0 Å². The summed E-state index contributed by atoms with van der Waals surface area (Å²) in [6, 6.07) is 11.8. The van der Waals surface area contributed by atoms with Crippen molar-refractivity contribution in [2.24, 2.45) is 5.92 Å². The SMILES string of the molecule is CC(C)[C@H](NCC(=O)Nc1cccc([N+](=O)[O-])c1)c1ccc(F)cc1. The molecule has 2 aromatic carbocycles. The molecule has 1 atom stereocenters. The van der Waals surface area contributed by atoms with Crippen molar-refractivity contribution in [2.75, 3.05) is 11.9 Å². The number of nitro benzene ring substituents is 1. The van der Waals surface area contributed by atoms with E-state index in [1.807, 2.05) is 13.8 Å². The predicted octanol–water partition coefficient (Wildman–Crippen LogP) is 3.66. The number of hydrogen-bond donors (Lipinski definition) is 2. The van der Waals surface area contributed by atoms with E-state index in [2.05, 4.69) is 10.6 Å². The van der Waals surface area contributed by atoms with Gasteiger partial charge in [0.2, 0.25) is 5.91 Å². The third kappa shape index (κ3) is 5.36. The second kappa shape index (κ2) is 8.34. The van der Waals surface area contributed by atoms with Gasteiger partial charge in [-0.05, 0) is 29.7 Å². The number of rotatable bonds is 7. The number of hydrogen-bond acceptors (Lipinski definition) is 4. The van der Waals surface area contributed by atoms with Crippen molar-refractivity contribution < 1.29 is 14.1 Å². The average Bonchev–Trinajstić information content (AvgIpc) is 2.56. The number of nitro groups is 1. The molecule has 0 saturated heterocycles. The van der Waals surface area contributed by atoms with E-state index >= 15 is 0 Å². The van der Waals surface area contributed by atoms with Crippen molar-refractivity contribution >= 4 is 17.3 Å². The molecule has 0 aromatic heterocycles. The summed E-state index contributed by atoms with van der Waals surface area (Å²) in [4.78, 5) is 22.3. The van der Waals surface area contributed by atoms with Crippen molar-refractivity contribution in [2.45, 2.75) is 19.9 Å². The number of benzene rings is 2. The molecule has 0 aliphatic rings. The van der Waals surface area contributed by atoms with Crippen LogP contribution < -0.4 is 10.6 Å². The molecule has 0 spiro atoms. The van der Waals surface area contributed by atoms with Crippen LogP contribution in [0, 0.1) is 21.8 Å². The molecule has 2 rings (SSSR count). The second-order valence-corrected chi connectivity index (χ2v) is 6.01. The molecule has 1 amide bonds. The van der Waals surface area contributed by atoms with Crippen LogP contribution in [0.1, 0.15) is 25.5 Å². The Hall–Kier alpha value is -2.80. The number of halogens is 1. The fraction of sp³-hybridized carbons (Fsp3) is 0.278. The van der Waals surface area contributed by atoms with Crippen LogP contribution in [-0.2, 0) is 4.79 Å². The van der Waals surface area contributed by atoms with Gasteiger partial charge in [0, 0.05) is 23.9 Å². The highest BCUT2D eigenvalue weighted by molar-refractivity contribution is 5.92. The first-order chi connectivity index (χ1) is 11.9. The third-order valence-corrected chi connectivity index (χ3v) is 3.72. The first-order valence-corrected chi connectivity index (χ1v) is 7.90. The molecule has 0 heterocycles. The number of nitrogens with one attached hydrogen (secondary N) is 2. The lowest BCUT2D eigenvalue weighted by atomic mass is 9.96. The van der Waals surface area contributed by atoms with Crippen LogP contribution in [0.15, 0.2) is 48.5 Å². The van der Waals surface area contributed by atoms with Gasteiger partial charge in [0.25, 0.3) is 5.69 Å². The zero-order chi connectivity index (χ0) is 18.4. The predicted molar refractivity (Wildman–Crippen MR) is 93.7 cm³/mol. The Morgan fingerprint density at radius 1 is 1.20 bits per heavy atom. The number of amides is 1. The van der Waals surface area contributed by atoms with E-state index in [1.165, 1.54) is 30.3 Å². The highest BCUT2D eigenvalue weighted by Crippen LogP contribution is 2.22. The zero-order valence-electron chi connectivity index (χ0n) is 14.0. The zero-order valence-corrected chi connectivity index (χ0v) is 14.0. The minimum absolute atomic E-state index is 0.0307. The summed E-state index contributed by atoms with van der Waals surface area (Å²) in [7, 11) is 0. The molecule has 2 N–H and O–H groups in total. The van der Waals surface area contributed by atoms with Gasteiger partial charge < -0.3 is 10.6 Å². The molecular formula is C18H20FN3O3. The van der Waals surface area contributed by atoms with Crippen LogP contribution in [0.3, 0.4) is 0 Å². The monoisotopic (exact) mass is 345 g/mol.